The number of pyridine rings is 1. The zero-order chi connectivity index (χ0) is 32.8. The number of alkyl halides is 3. The normalized spacial score (nSPS) is 13.8. The molecule has 4 aromatic rings. The van der Waals surface area contributed by atoms with Gasteiger partial charge in [0.1, 0.15) is 5.69 Å². The van der Waals surface area contributed by atoms with Gasteiger partial charge < -0.3 is 15.5 Å². The molecule has 0 aliphatic carbocycles. The van der Waals surface area contributed by atoms with Crippen LogP contribution in [0.15, 0.2) is 60.9 Å². The molecule has 0 bridgehead atoms. The molecular weight excluding hydrogens is 593 g/mol. The fourth-order valence-corrected chi connectivity index (χ4v) is 5.10. The molecule has 2 aromatic heterocycles. The molecule has 46 heavy (non-hydrogen) atoms. The van der Waals surface area contributed by atoms with Crippen molar-refractivity contribution in [1.29, 1.82) is 5.26 Å². The fourth-order valence-electron chi connectivity index (χ4n) is 5.10. The Labute approximate surface area is 265 Å². The number of hydrogen-bond acceptors (Lipinski definition) is 6. The van der Waals surface area contributed by atoms with E-state index in [1.165, 1.54) is 16.7 Å². The summed E-state index contributed by atoms with van der Waals surface area (Å²) in [6, 6.07) is 11.9. The summed E-state index contributed by atoms with van der Waals surface area (Å²) in [7, 11) is 1.99. The van der Waals surface area contributed by atoms with Crippen LogP contribution < -0.4 is 10.6 Å². The minimum Gasteiger partial charge on any atom is -0.308 e. The van der Waals surface area contributed by atoms with Crippen molar-refractivity contribution in [3.8, 4) is 29.6 Å². The molecule has 0 atom stereocenters. The lowest BCUT2D eigenvalue weighted by atomic mass is 10.0. The SMILES string of the molecule is CCc1cnc(-c2ccc(C#Cc3cc(NC(=O)Nc4ccc(CN5CCN(C)CC5)c(C(F)(F)F)c4)ccc3C)cn2)n1C#N. The number of carbonyl (C=O) groups excluding carboxylic acids is 1. The maximum atomic E-state index is 14.0. The van der Waals surface area contributed by atoms with Gasteiger partial charge in [-0.25, -0.2) is 14.3 Å². The Bertz CT molecular complexity index is 1820. The first-order valence-electron chi connectivity index (χ1n) is 14.8. The van der Waals surface area contributed by atoms with Crippen molar-refractivity contribution in [3.05, 3.63) is 94.4 Å². The van der Waals surface area contributed by atoms with Crippen LogP contribution in [0.25, 0.3) is 11.5 Å². The van der Waals surface area contributed by atoms with E-state index in [9.17, 15) is 23.2 Å². The lowest BCUT2D eigenvalue weighted by molar-refractivity contribution is -0.138. The minimum atomic E-state index is -4.56. The lowest BCUT2D eigenvalue weighted by Gasteiger charge is -2.33. The summed E-state index contributed by atoms with van der Waals surface area (Å²) in [6.07, 6.45) is 1.48. The van der Waals surface area contributed by atoms with E-state index in [1.807, 2.05) is 25.8 Å². The molecule has 2 aromatic carbocycles. The number of amides is 2. The van der Waals surface area contributed by atoms with Gasteiger partial charge in [0.2, 0.25) is 0 Å². The van der Waals surface area contributed by atoms with Gasteiger partial charge in [0, 0.05) is 61.4 Å². The molecule has 1 fully saturated rings. The van der Waals surface area contributed by atoms with Gasteiger partial charge in [0.15, 0.2) is 12.0 Å². The van der Waals surface area contributed by atoms with Gasteiger partial charge in [-0.2, -0.15) is 18.4 Å². The Kier molecular flexibility index (Phi) is 9.71. The molecule has 0 unspecified atom stereocenters. The number of likely N-dealkylation sites (N-methyl/N-ethyl adjacent to an activating group) is 1. The number of halogens is 3. The van der Waals surface area contributed by atoms with Gasteiger partial charge in [-0.15, -0.1) is 0 Å². The van der Waals surface area contributed by atoms with Crippen molar-refractivity contribution in [2.45, 2.75) is 33.0 Å². The van der Waals surface area contributed by atoms with Gasteiger partial charge in [0.05, 0.1) is 17.5 Å². The number of carbonyl (C=O) groups is 1. The standard InChI is InChI=1S/C34H33F3N8O/c1-4-29-20-40-32(45(29)22-38)31-12-7-24(19-39-31)6-8-25-17-27(10-5-23(25)2)41-33(46)42-28-11-9-26(30(18-28)34(35,36)37)21-44-15-13-43(3)14-16-44/h5,7,9-12,17-20H,4,13-16,21H2,1-3H3,(H2,41,42,46). The number of rotatable bonds is 6. The number of aryl methyl sites for hydroxylation is 2. The number of nitrogens with one attached hydrogen (secondary N) is 2. The third-order valence-electron chi connectivity index (χ3n) is 7.79. The number of nitrogens with zero attached hydrogens (tertiary/aromatic N) is 6. The van der Waals surface area contributed by atoms with E-state index in [0.29, 0.717) is 47.8 Å². The zero-order valence-electron chi connectivity index (χ0n) is 25.7. The van der Waals surface area contributed by atoms with E-state index in [0.717, 1.165) is 30.4 Å². The molecule has 236 valence electrons. The number of urea groups is 1. The molecule has 3 heterocycles. The molecule has 0 radical (unpaired) electrons. The van der Waals surface area contributed by atoms with Crippen LogP contribution in [0.1, 0.15) is 40.4 Å². The molecule has 1 saturated heterocycles. The quantitative estimate of drug-likeness (QED) is 0.257. The van der Waals surface area contributed by atoms with Gasteiger partial charge in [-0.1, -0.05) is 30.9 Å². The third kappa shape index (κ3) is 7.72. The summed E-state index contributed by atoms with van der Waals surface area (Å²) in [6.45, 7) is 7.00. The van der Waals surface area contributed by atoms with E-state index in [1.54, 1.807) is 42.7 Å². The van der Waals surface area contributed by atoms with Gasteiger partial charge in [-0.05, 0) is 67.9 Å². The number of hydrogen-bond donors (Lipinski definition) is 2. The lowest BCUT2D eigenvalue weighted by Crippen LogP contribution is -2.44. The van der Waals surface area contributed by atoms with Crippen molar-refractivity contribution in [3.63, 3.8) is 0 Å². The van der Waals surface area contributed by atoms with Gasteiger partial charge in [0.25, 0.3) is 0 Å². The fraction of sp³-hybridized carbons (Fsp3) is 0.294. The second-order valence-electron chi connectivity index (χ2n) is 11.1. The molecule has 9 nitrogen and oxygen atoms in total. The molecule has 2 amide bonds. The monoisotopic (exact) mass is 626 g/mol. The first-order chi connectivity index (χ1) is 22.0. The molecule has 12 heteroatoms. The molecular formula is C34H33F3N8O. The van der Waals surface area contributed by atoms with E-state index in [2.05, 4.69) is 43.5 Å². The van der Waals surface area contributed by atoms with E-state index >= 15 is 0 Å². The number of imidazole rings is 1. The average molecular weight is 627 g/mol. The van der Waals surface area contributed by atoms with E-state index in [4.69, 9.17) is 0 Å². The summed E-state index contributed by atoms with van der Waals surface area (Å²) in [4.78, 5) is 25.7. The molecule has 0 spiro atoms. The summed E-state index contributed by atoms with van der Waals surface area (Å²) in [5, 5.41) is 14.7. The molecule has 0 saturated carbocycles. The highest BCUT2D eigenvalue weighted by Crippen LogP contribution is 2.34. The maximum absolute atomic E-state index is 14.0. The molecule has 1 aliphatic heterocycles. The average Bonchev–Trinajstić information content (AvgIpc) is 3.46. The van der Waals surface area contributed by atoms with E-state index < -0.39 is 17.8 Å². The smallest absolute Gasteiger partial charge is 0.308 e. The number of aromatic nitrogens is 3. The summed E-state index contributed by atoms with van der Waals surface area (Å²) in [5.74, 6) is 6.61. The van der Waals surface area contributed by atoms with Crippen LogP contribution in [0.3, 0.4) is 0 Å². The molecule has 2 N–H and O–H groups in total. The highest BCUT2D eigenvalue weighted by atomic mass is 19.4. The largest absolute Gasteiger partial charge is 0.416 e. The van der Waals surface area contributed by atoms with Gasteiger partial charge in [-0.3, -0.25) is 9.88 Å². The number of anilines is 2. The van der Waals surface area contributed by atoms with Crippen LogP contribution in [0, 0.1) is 30.2 Å². The minimum absolute atomic E-state index is 0.0400. The number of nitriles is 1. The summed E-state index contributed by atoms with van der Waals surface area (Å²) >= 11 is 0. The number of piperazine rings is 1. The highest BCUT2D eigenvalue weighted by molar-refractivity contribution is 6.00. The molecule has 1 aliphatic rings. The second-order valence-corrected chi connectivity index (χ2v) is 11.1. The number of benzene rings is 2. The van der Waals surface area contributed by atoms with Crippen molar-refractivity contribution in [1.82, 2.24) is 24.3 Å². The maximum Gasteiger partial charge on any atom is 0.416 e. The van der Waals surface area contributed by atoms with Crippen molar-refractivity contribution >= 4 is 17.4 Å². The Balaban J connectivity index is 1.26. The Morgan fingerprint density at radius 2 is 1.67 bits per heavy atom. The predicted octanol–water partition coefficient (Wildman–Crippen LogP) is 5.96. The highest BCUT2D eigenvalue weighted by Gasteiger charge is 2.34. The van der Waals surface area contributed by atoms with Crippen LogP contribution in [0.2, 0.25) is 0 Å². The van der Waals surface area contributed by atoms with Crippen LogP contribution >= 0.6 is 0 Å². The first-order valence-corrected chi connectivity index (χ1v) is 14.8. The van der Waals surface area contributed by atoms with Crippen molar-refractivity contribution in [2.75, 3.05) is 43.9 Å². The van der Waals surface area contributed by atoms with Crippen molar-refractivity contribution in [2.24, 2.45) is 0 Å². The summed E-state index contributed by atoms with van der Waals surface area (Å²) < 4.78 is 43.3. The third-order valence-corrected chi connectivity index (χ3v) is 7.79. The van der Waals surface area contributed by atoms with Crippen LogP contribution in [-0.4, -0.2) is 63.6 Å². The van der Waals surface area contributed by atoms with E-state index in [-0.39, 0.29) is 17.8 Å². The summed E-state index contributed by atoms with van der Waals surface area (Å²) in [5.41, 5.74) is 3.39. The Hall–Kier alpha value is -5.17. The Morgan fingerprint density at radius 3 is 2.33 bits per heavy atom. The van der Waals surface area contributed by atoms with Crippen LogP contribution in [0.4, 0.5) is 29.3 Å². The van der Waals surface area contributed by atoms with Crippen LogP contribution in [-0.2, 0) is 19.1 Å². The topological polar surface area (TPSA) is 102 Å². The van der Waals surface area contributed by atoms with Crippen molar-refractivity contribution < 1.29 is 18.0 Å². The zero-order valence-corrected chi connectivity index (χ0v) is 25.7. The second kappa shape index (κ2) is 13.9. The predicted molar refractivity (Wildman–Crippen MR) is 170 cm³/mol. The van der Waals surface area contributed by atoms with Crippen LogP contribution in [0.5, 0.6) is 0 Å². The van der Waals surface area contributed by atoms with Gasteiger partial charge >= 0.3 is 12.2 Å². The Morgan fingerprint density at radius 1 is 0.957 bits per heavy atom. The molecule has 5 rings (SSSR count). The first kappa shape index (κ1) is 32.2.